The summed E-state index contributed by atoms with van der Waals surface area (Å²) < 4.78 is 1.78. The second-order valence-corrected chi connectivity index (χ2v) is 6.06. The maximum Gasteiger partial charge on any atom is 0.0847 e. The van der Waals surface area contributed by atoms with E-state index in [4.69, 9.17) is 11.6 Å². The van der Waals surface area contributed by atoms with Gasteiger partial charge in [-0.15, -0.1) is 0 Å². The van der Waals surface area contributed by atoms with Gasteiger partial charge in [0.25, 0.3) is 0 Å². The van der Waals surface area contributed by atoms with E-state index in [1.807, 2.05) is 14.0 Å². The number of hydrogen-bond acceptors (Lipinski definition) is 2. The SMILES string of the molecule is Cc1nn(C)c(CC(O)C2Cc3ccccc3C2)c1Cl. The number of fused-ring (bicyclic) bond motifs is 1. The highest BCUT2D eigenvalue weighted by Crippen LogP contribution is 2.31. The third kappa shape index (κ3) is 2.36. The zero-order chi connectivity index (χ0) is 14.3. The predicted molar refractivity (Wildman–Crippen MR) is 80.0 cm³/mol. The van der Waals surface area contributed by atoms with E-state index in [0.29, 0.717) is 11.4 Å². The first-order chi connectivity index (χ1) is 9.56. The van der Waals surface area contributed by atoms with Crippen molar-refractivity contribution >= 4 is 11.6 Å². The van der Waals surface area contributed by atoms with Gasteiger partial charge in [-0.2, -0.15) is 5.10 Å². The van der Waals surface area contributed by atoms with Crippen LogP contribution in [-0.2, 0) is 26.3 Å². The maximum absolute atomic E-state index is 10.5. The van der Waals surface area contributed by atoms with Gasteiger partial charge in [-0.3, -0.25) is 4.68 Å². The Balaban J connectivity index is 1.74. The highest BCUT2D eigenvalue weighted by Gasteiger charge is 2.28. The van der Waals surface area contributed by atoms with Gasteiger partial charge < -0.3 is 5.11 Å². The fraction of sp³-hybridized carbons (Fsp3) is 0.438. The fourth-order valence-corrected chi connectivity index (χ4v) is 3.37. The molecule has 1 aliphatic carbocycles. The maximum atomic E-state index is 10.5. The molecule has 0 radical (unpaired) electrons. The van der Waals surface area contributed by atoms with E-state index >= 15 is 0 Å². The predicted octanol–water partition coefficient (Wildman–Crippen LogP) is 2.70. The van der Waals surface area contributed by atoms with E-state index < -0.39 is 0 Å². The number of rotatable bonds is 3. The topological polar surface area (TPSA) is 38.0 Å². The van der Waals surface area contributed by atoms with Gasteiger partial charge in [-0.05, 0) is 36.8 Å². The Hall–Kier alpha value is -1.32. The molecule has 1 atom stereocenters. The molecule has 2 aromatic rings. The van der Waals surface area contributed by atoms with Crippen molar-refractivity contribution < 1.29 is 5.11 Å². The Kier molecular flexibility index (Phi) is 3.57. The molecule has 0 aliphatic heterocycles. The molecule has 0 saturated carbocycles. The highest BCUT2D eigenvalue weighted by molar-refractivity contribution is 6.31. The number of halogens is 1. The van der Waals surface area contributed by atoms with Crippen molar-refractivity contribution in [2.75, 3.05) is 0 Å². The number of aliphatic hydroxyl groups excluding tert-OH is 1. The van der Waals surface area contributed by atoms with Crippen LogP contribution in [0.3, 0.4) is 0 Å². The van der Waals surface area contributed by atoms with Gasteiger partial charge in [-0.25, -0.2) is 0 Å². The molecule has 4 heteroatoms. The Labute approximate surface area is 124 Å². The highest BCUT2D eigenvalue weighted by atomic mass is 35.5. The van der Waals surface area contributed by atoms with Gasteiger partial charge >= 0.3 is 0 Å². The minimum absolute atomic E-state index is 0.277. The average Bonchev–Trinajstić information content (AvgIpc) is 2.95. The molecule has 106 valence electrons. The van der Waals surface area contributed by atoms with Crippen molar-refractivity contribution in [3.05, 3.63) is 51.8 Å². The lowest BCUT2D eigenvalue weighted by molar-refractivity contribution is 0.111. The summed E-state index contributed by atoms with van der Waals surface area (Å²) in [5, 5.41) is 15.5. The van der Waals surface area contributed by atoms with E-state index in [2.05, 4.69) is 29.4 Å². The Morgan fingerprint density at radius 3 is 2.45 bits per heavy atom. The largest absolute Gasteiger partial charge is 0.392 e. The van der Waals surface area contributed by atoms with Crippen LogP contribution in [0.5, 0.6) is 0 Å². The van der Waals surface area contributed by atoms with Crippen molar-refractivity contribution in [3.63, 3.8) is 0 Å². The lowest BCUT2D eigenvalue weighted by Gasteiger charge is -2.18. The summed E-state index contributed by atoms with van der Waals surface area (Å²) in [4.78, 5) is 0. The summed E-state index contributed by atoms with van der Waals surface area (Å²) in [7, 11) is 1.88. The van der Waals surface area contributed by atoms with E-state index in [1.165, 1.54) is 11.1 Å². The first-order valence-electron chi connectivity index (χ1n) is 6.99. The molecule has 1 unspecified atom stereocenters. The molecule has 0 spiro atoms. The number of benzene rings is 1. The van der Waals surface area contributed by atoms with Crippen LogP contribution in [0.1, 0.15) is 22.5 Å². The lowest BCUT2D eigenvalue weighted by atomic mass is 9.95. The summed E-state index contributed by atoms with van der Waals surface area (Å²) in [6, 6.07) is 8.44. The molecule has 20 heavy (non-hydrogen) atoms. The zero-order valence-corrected chi connectivity index (χ0v) is 12.6. The number of aliphatic hydroxyl groups is 1. The van der Waals surface area contributed by atoms with Crippen LogP contribution in [-0.4, -0.2) is 21.0 Å². The minimum atomic E-state index is -0.380. The van der Waals surface area contributed by atoms with Crippen molar-refractivity contribution in [2.24, 2.45) is 13.0 Å². The van der Waals surface area contributed by atoms with Gasteiger partial charge in [-0.1, -0.05) is 35.9 Å². The lowest BCUT2D eigenvalue weighted by Crippen LogP contribution is -2.24. The van der Waals surface area contributed by atoms with Crippen LogP contribution in [0.2, 0.25) is 5.02 Å². The first kappa shape index (κ1) is 13.7. The second-order valence-electron chi connectivity index (χ2n) is 5.68. The third-order valence-electron chi connectivity index (χ3n) is 4.29. The van der Waals surface area contributed by atoms with Gasteiger partial charge in [0.05, 0.1) is 22.5 Å². The molecule has 0 bridgehead atoms. The number of nitrogens with zero attached hydrogens (tertiary/aromatic N) is 2. The Morgan fingerprint density at radius 1 is 1.35 bits per heavy atom. The summed E-state index contributed by atoms with van der Waals surface area (Å²) in [5.74, 6) is 0.277. The molecule has 1 N–H and O–H groups in total. The molecule has 0 saturated heterocycles. The van der Waals surface area contributed by atoms with Crippen LogP contribution in [0, 0.1) is 12.8 Å². The van der Waals surface area contributed by atoms with Crippen LogP contribution < -0.4 is 0 Å². The van der Waals surface area contributed by atoms with Crippen LogP contribution in [0.15, 0.2) is 24.3 Å². The smallest absolute Gasteiger partial charge is 0.0847 e. The molecule has 3 rings (SSSR count). The van der Waals surface area contributed by atoms with Gasteiger partial charge in [0.2, 0.25) is 0 Å². The molecule has 1 aromatic heterocycles. The monoisotopic (exact) mass is 290 g/mol. The number of aromatic nitrogens is 2. The zero-order valence-electron chi connectivity index (χ0n) is 11.8. The summed E-state index contributed by atoms with van der Waals surface area (Å²) in [6.07, 6.45) is 2.08. The Bertz CT molecular complexity index is 610. The van der Waals surface area contributed by atoms with Crippen molar-refractivity contribution in [1.82, 2.24) is 9.78 Å². The van der Waals surface area contributed by atoms with E-state index in [1.54, 1.807) is 4.68 Å². The third-order valence-corrected chi connectivity index (χ3v) is 4.78. The average molecular weight is 291 g/mol. The first-order valence-corrected chi connectivity index (χ1v) is 7.37. The quantitative estimate of drug-likeness (QED) is 0.944. The van der Waals surface area contributed by atoms with Crippen molar-refractivity contribution in [2.45, 2.75) is 32.3 Å². The fourth-order valence-electron chi connectivity index (χ4n) is 3.13. The molecule has 0 fully saturated rings. The minimum Gasteiger partial charge on any atom is -0.392 e. The van der Waals surface area contributed by atoms with E-state index in [0.717, 1.165) is 24.2 Å². The van der Waals surface area contributed by atoms with Crippen LogP contribution >= 0.6 is 11.6 Å². The number of aryl methyl sites for hydroxylation is 2. The van der Waals surface area contributed by atoms with Gasteiger partial charge in [0, 0.05) is 13.5 Å². The molecule has 1 heterocycles. The molecule has 0 amide bonds. The Morgan fingerprint density at radius 2 is 1.95 bits per heavy atom. The molecular weight excluding hydrogens is 272 g/mol. The van der Waals surface area contributed by atoms with Crippen LogP contribution in [0.4, 0.5) is 0 Å². The van der Waals surface area contributed by atoms with E-state index in [-0.39, 0.29) is 12.0 Å². The van der Waals surface area contributed by atoms with Crippen molar-refractivity contribution in [3.8, 4) is 0 Å². The summed E-state index contributed by atoms with van der Waals surface area (Å²) in [6.45, 7) is 1.89. The normalized spacial score (nSPS) is 16.4. The molecular formula is C16H19ClN2O. The number of hydrogen-bond donors (Lipinski definition) is 1. The van der Waals surface area contributed by atoms with Gasteiger partial charge in [0.1, 0.15) is 0 Å². The van der Waals surface area contributed by atoms with E-state index in [9.17, 15) is 5.11 Å². The van der Waals surface area contributed by atoms with Gasteiger partial charge in [0.15, 0.2) is 0 Å². The summed E-state index contributed by atoms with van der Waals surface area (Å²) >= 11 is 6.26. The molecule has 1 aromatic carbocycles. The molecule has 1 aliphatic rings. The standard InChI is InChI=1S/C16H19ClN2O/c1-10-16(17)14(19(2)18-10)9-15(20)13-7-11-5-3-4-6-12(11)8-13/h3-6,13,15,20H,7-9H2,1-2H3. The second kappa shape index (κ2) is 5.23. The van der Waals surface area contributed by atoms with Crippen LogP contribution in [0.25, 0.3) is 0 Å². The molecule has 3 nitrogen and oxygen atoms in total. The summed E-state index contributed by atoms with van der Waals surface area (Å²) in [5.41, 5.74) is 4.48. The van der Waals surface area contributed by atoms with Crippen molar-refractivity contribution in [1.29, 1.82) is 0 Å².